The van der Waals surface area contributed by atoms with Crippen molar-refractivity contribution in [2.75, 3.05) is 7.11 Å². The highest BCUT2D eigenvalue weighted by Crippen LogP contribution is 2.43. The Bertz CT molecular complexity index is 287. The van der Waals surface area contributed by atoms with Crippen LogP contribution in [-0.2, 0) is 9.53 Å². The molecule has 0 unspecified atom stereocenters. The van der Waals surface area contributed by atoms with E-state index in [-0.39, 0.29) is 5.41 Å². The number of Topliss-reactive ketones (excluding diaryl/α,β-unsaturated/α-hetero) is 1. The fraction of sp³-hybridized carbons (Fsp3) is 0.938. The van der Waals surface area contributed by atoms with E-state index in [0.29, 0.717) is 17.6 Å². The lowest BCUT2D eigenvalue weighted by molar-refractivity contribution is -0.148. The van der Waals surface area contributed by atoms with Crippen molar-refractivity contribution >= 4 is 5.78 Å². The van der Waals surface area contributed by atoms with Gasteiger partial charge in [-0.2, -0.15) is 0 Å². The van der Waals surface area contributed by atoms with Crippen LogP contribution in [0.1, 0.15) is 73.1 Å². The van der Waals surface area contributed by atoms with E-state index in [9.17, 15) is 4.79 Å². The van der Waals surface area contributed by atoms with Gasteiger partial charge in [-0.15, -0.1) is 0 Å². The lowest BCUT2D eigenvalue weighted by Gasteiger charge is -2.42. The van der Waals surface area contributed by atoms with Crippen LogP contribution in [0.25, 0.3) is 0 Å². The average molecular weight is 254 g/mol. The molecule has 18 heavy (non-hydrogen) atoms. The van der Waals surface area contributed by atoms with Gasteiger partial charge in [-0.25, -0.2) is 0 Å². The molecule has 0 aromatic rings. The minimum Gasteiger partial charge on any atom is -0.370 e. The maximum Gasteiger partial charge on any atom is 0.164 e. The molecule has 0 amide bonds. The molecular weight excluding hydrogens is 224 g/mol. The Morgan fingerprint density at radius 2 is 1.61 bits per heavy atom. The highest BCUT2D eigenvalue weighted by atomic mass is 16.5. The van der Waals surface area contributed by atoms with Crippen molar-refractivity contribution in [1.82, 2.24) is 0 Å². The van der Waals surface area contributed by atoms with Crippen LogP contribution >= 0.6 is 0 Å². The van der Waals surface area contributed by atoms with E-state index in [1.54, 1.807) is 7.11 Å². The maximum absolute atomic E-state index is 12.5. The third kappa shape index (κ3) is 4.08. The van der Waals surface area contributed by atoms with Crippen LogP contribution < -0.4 is 0 Å². The van der Waals surface area contributed by atoms with Crippen LogP contribution in [0.15, 0.2) is 0 Å². The van der Waals surface area contributed by atoms with Crippen molar-refractivity contribution in [1.29, 1.82) is 0 Å². The third-order valence-electron chi connectivity index (χ3n) is 4.41. The second kappa shape index (κ2) is 5.32. The Balaban J connectivity index is 2.63. The van der Waals surface area contributed by atoms with Gasteiger partial charge in [0.2, 0.25) is 0 Å². The Kier molecular flexibility index (Phi) is 4.64. The highest BCUT2D eigenvalue weighted by molar-refractivity contribution is 5.87. The van der Waals surface area contributed by atoms with Crippen molar-refractivity contribution in [2.24, 2.45) is 10.8 Å². The number of hydrogen-bond donors (Lipinski definition) is 0. The number of ether oxygens (including phenoxy) is 1. The van der Waals surface area contributed by atoms with Crippen molar-refractivity contribution in [3.63, 3.8) is 0 Å². The van der Waals surface area contributed by atoms with Crippen LogP contribution in [0.5, 0.6) is 0 Å². The third-order valence-corrected chi connectivity index (χ3v) is 4.41. The summed E-state index contributed by atoms with van der Waals surface area (Å²) in [5.74, 6) is 0.315. The van der Waals surface area contributed by atoms with Crippen LogP contribution in [0.4, 0.5) is 0 Å². The topological polar surface area (TPSA) is 26.3 Å². The normalized spacial score (nSPS) is 22.8. The number of methoxy groups -OCH3 is 1. The molecule has 0 saturated heterocycles. The van der Waals surface area contributed by atoms with E-state index < -0.39 is 5.60 Å². The van der Waals surface area contributed by atoms with E-state index in [4.69, 9.17) is 4.74 Å². The van der Waals surface area contributed by atoms with Gasteiger partial charge >= 0.3 is 0 Å². The fourth-order valence-electron chi connectivity index (χ4n) is 2.64. The summed E-state index contributed by atoms with van der Waals surface area (Å²) in [5.41, 5.74) is 0.103. The maximum atomic E-state index is 12.5. The van der Waals surface area contributed by atoms with Crippen LogP contribution in [-0.4, -0.2) is 18.5 Å². The summed E-state index contributed by atoms with van der Waals surface area (Å²) in [4.78, 5) is 12.5. The smallest absolute Gasteiger partial charge is 0.164 e. The molecule has 106 valence electrons. The first-order valence-corrected chi connectivity index (χ1v) is 7.19. The minimum atomic E-state index is -0.485. The predicted molar refractivity (Wildman–Crippen MR) is 75.7 cm³/mol. The van der Waals surface area contributed by atoms with Gasteiger partial charge in [0.1, 0.15) is 5.60 Å². The molecule has 0 aliphatic heterocycles. The summed E-state index contributed by atoms with van der Waals surface area (Å²) >= 11 is 0. The summed E-state index contributed by atoms with van der Waals surface area (Å²) in [6.07, 6.45) is 5.54. The Labute approximate surface area is 112 Å². The molecule has 0 aromatic carbocycles. The molecule has 0 radical (unpaired) electrons. The van der Waals surface area contributed by atoms with Crippen LogP contribution in [0, 0.1) is 10.8 Å². The summed E-state index contributed by atoms with van der Waals surface area (Å²) in [7, 11) is 1.70. The predicted octanol–water partition coefficient (Wildman–Crippen LogP) is 4.37. The first kappa shape index (κ1) is 15.7. The van der Waals surface area contributed by atoms with Crippen molar-refractivity contribution in [2.45, 2.75) is 78.7 Å². The molecule has 1 saturated carbocycles. The van der Waals surface area contributed by atoms with Crippen molar-refractivity contribution < 1.29 is 9.53 Å². The number of rotatable bonds is 4. The molecule has 0 heterocycles. The molecule has 1 aliphatic carbocycles. The quantitative estimate of drug-likeness (QED) is 0.744. The summed E-state index contributed by atoms with van der Waals surface area (Å²) in [6.45, 7) is 11.1. The van der Waals surface area contributed by atoms with Crippen LogP contribution in [0.3, 0.4) is 0 Å². The molecule has 1 rings (SSSR count). The Morgan fingerprint density at radius 1 is 1.11 bits per heavy atom. The van der Waals surface area contributed by atoms with Gasteiger partial charge in [0.05, 0.1) is 0 Å². The van der Waals surface area contributed by atoms with Crippen molar-refractivity contribution in [3.8, 4) is 0 Å². The molecule has 1 aliphatic rings. The van der Waals surface area contributed by atoms with Gasteiger partial charge in [0.15, 0.2) is 5.78 Å². The van der Waals surface area contributed by atoms with E-state index in [1.807, 2.05) is 0 Å². The van der Waals surface area contributed by atoms with Crippen LogP contribution in [0.2, 0.25) is 0 Å². The molecule has 2 heteroatoms. The zero-order chi connectivity index (χ0) is 14.0. The van der Waals surface area contributed by atoms with Gasteiger partial charge in [-0.05, 0) is 42.9 Å². The van der Waals surface area contributed by atoms with Gasteiger partial charge in [-0.3, -0.25) is 4.79 Å². The van der Waals surface area contributed by atoms with E-state index in [1.165, 1.54) is 0 Å². The lowest BCUT2D eigenvalue weighted by Crippen LogP contribution is -2.45. The van der Waals surface area contributed by atoms with Crippen molar-refractivity contribution in [3.05, 3.63) is 0 Å². The zero-order valence-corrected chi connectivity index (χ0v) is 13.1. The second-order valence-corrected chi connectivity index (χ2v) is 7.85. The molecule has 2 nitrogen and oxygen atoms in total. The molecular formula is C16H30O2. The van der Waals surface area contributed by atoms with E-state index in [0.717, 1.165) is 32.1 Å². The second-order valence-electron chi connectivity index (χ2n) is 7.85. The average Bonchev–Trinajstić information content (AvgIpc) is 2.26. The molecule has 0 N–H and O–H groups in total. The minimum absolute atomic E-state index is 0.221. The number of ketones is 1. The van der Waals surface area contributed by atoms with Gasteiger partial charge in [0, 0.05) is 13.5 Å². The first-order chi connectivity index (χ1) is 8.10. The van der Waals surface area contributed by atoms with Gasteiger partial charge in [-0.1, -0.05) is 34.6 Å². The monoisotopic (exact) mass is 254 g/mol. The van der Waals surface area contributed by atoms with Gasteiger partial charge < -0.3 is 4.74 Å². The lowest BCUT2D eigenvalue weighted by atomic mass is 9.68. The first-order valence-electron chi connectivity index (χ1n) is 7.19. The van der Waals surface area contributed by atoms with E-state index >= 15 is 0 Å². The number of carbonyl (C=O) groups excluding carboxylic acids is 1. The Hall–Kier alpha value is -0.370. The highest BCUT2D eigenvalue weighted by Gasteiger charge is 2.43. The largest absolute Gasteiger partial charge is 0.370 e. The fourth-order valence-corrected chi connectivity index (χ4v) is 2.64. The number of carbonyl (C=O) groups is 1. The summed E-state index contributed by atoms with van der Waals surface area (Å²) in [5, 5.41) is 0. The SMILES string of the molecule is COC1(C(=O)CCC(C)(C)C)CCC(C)(C)CC1. The summed E-state index contributed by atoms with van der Waals surface area (Å²) in [6, 6.07) is 0. The summed E-state index contributed by atoms with van der Waals surface area (Å²) < 4.78 is 5.65. The molecule has 1 fully saturated rings. The molecule has 0 spiro atoms. The molecule has 0 aromatic heterocycles. The zero-order valence-electron chi connectivity index (χ0n) is 13.1. The van der Waals surface area contributed by atoms with E-state index in [2.05, 4.69) is 34.6 Å². The Morgan fingerprint density at radius 3 is 2.00 bits per heavy atom. The number of hydrogen-bond acceptors (Lipinski definition) is 2. The molecule has 0 atom stereocenters. The standard InChI is InChI=1S/C16H30O2/c1-14(2,3)8-7-13(17)16(18-6)11-9-15(4,5)10-12-16/h7-12H2,1-6H3. The molecule has 0 bridgehead atoms. The van der Waals surface area contributed by atoms with Gasteiger partial charge in [0.25, 0.3) is 0 Å².